The minimum Gasteiger partial charge on any atom is -0.496 e. The number of rotatable bonds is 4. The molecule has 0 radical (unpaired) electrons. The number of thioether (sulfide) groups is 1. The summed E-state index contributed by atoms with van der Waals surface area (Å²) in [4.78, 5) is 29.4. The van der Waals surface area contributed by atoms with Crippen molar-refractivity contribution in [2.45, 2.75) is 0 Å². The Kier molecular flexibility index (Phi) is 5.11. The molecule has 0 saturated carbocycles. The number of thiocarbonyl (C=S) groups is 1. The van der Waals surface area contributed by atoms with Gasteiger partial charge in [0.25, 0.3) is 11.8 Å². The lowest BCUT2D eigenvalue weighted by molar-refractivity contribution is -0.123. The van der Waals surface area contributed by atoms with Gasteiger partial charge in [0.1, 0.15) is 5.75 Å². The molecule has 1 N–H and O–H groups in total. The van der Waals surface area contributed by atoms with Crippen molar-refractivity contribution in [1.29, 1.82) is 0 Å². The number of methoxy groups -OCH3 is 1. The lowest BCUT2D eigenvalue weighted by atomic mass is 10.2. The average molecular weight is 371 g/mol. The standard InChI is InChI=1S/C17H13N3O3S2/c1-23-13-7-3-2-6-12(13)15(21)19-20-16(22)14(25-17(20)24)9-11-5-4-8-18-10-11/h2-10H,1H3,(H,19,21)/b14-9+. The maximum Gasteiger partial charge on any atom is 0.285 e. The molecule has 0 atom stereocenters. The molecule has 1 aromatic heterocycles. The summed E-state index contributed by atoms with van der Waals surface area (Å²) >= 11 is 6.32. The molecule has 6 nitrogen and oxygen atoms in total. The summed E-state index contributed by atoms with van der Waals surface area (Å²) in [5.74, 6) is -0.449. The van der Waals surface area contributed by atoms with Crippen LogP contribution in [0.25, 0.3) is 6.08 Å². The van der Waals surface area contributed by atoms with Crippen LogP contribution in [0.5, 0.6) is 5.75 Å². The third kappa shape index (κ3) is 3.70. The smallest absolute Gasteiger partial charge is 0.285 e. The van der Waals surface area contributed by atoms with Crippen LogP contribution >= 0.6 is 24.0 Å². The molecule has 0 spiro atoms. The molecule has 25 heavy (non-hydrogen) atoms. The highest BCUT2D eigenvalue weighted by Gasteiger charge is 2.34. The van der Waals surface area contributed by atoms with Gasteiger partial charge in [0.05, 0.1) is 17.6 Å². The molecule has 2 amide bonds. The Morgan fingerprint density at radius 3 is 2.84 bits per heavy atom. The fourth-order valence-corrected chi connectivity index (χ4v) is 3.35. The number of ether oxygens (including phenoxy) is 1. The SMILES string of the molecule is COc1ccccc1C(=O)NN1C(=O)/C(=C\c2cccnc2)SC1=S. The van der Waals surface area contributed by atoms with Crippen LogP contribution in [0.1, 0.15) is 15.9 Å². The summed E-state index contributed by atoms with van der Waals surface area (Å²) in [6.45, 7) is 0. The van der Waals surface area contributed by atoms with E-state index in [4.69, 9.17) is 17.0 Å². The highest BCUT2D eigenvalue weighted by atomic mass is 32.2. The highest BCUT2D eigenvalue weighted by Crippen LogP contribution is 2.31. The highest BCUT2D eigenvalue weighted by molar-refractivity contribution is 8.26. The van der Waals surface area contributed by atoms with Crippen LogP contribution in [0.4, 0.5) is 0 Å². The third-order valence-electron chi connectivity index (χ3n) is 3.34. The van der Waals surface area contributed by atoms with Gasteiger partial charge in [0.15, 0.2) is 4.32 Å². The van der Waals surface area contributed by atoms with E-state index in [0.717, 1.165) is 22.3 Å². The number of nitrogens with one attached hydrogen (secondary N) is 1. The predicted octanol–water partition coefficient (Wildman–Crippen LogP) is 2.64. The number of hydrazine groups is 1. The fourth-order valence-electron chi connectivity index (χ4n) is 2.17. The van der Waals surface area contributed by atoms with Gasteiger partial charge in [0.2, 0.25) is 0 Å². The third-order valence-corrected chi connectivity index (χ3v) is 4.64. The lowest BCUT2D eigenvalue weighted by Crippen LogP contribution is -2.44. The number of hydrogen-bond donors (Lipinski definition) is 1. The van der Waals surface area contributed by atoms with E-state index >= 15 is 0 Å². The second-order valence-electron chi connectivity index (χ2n) is 4.94. The first kappa shape index (κ1) is 17.1. The number of amides is 2. The summed E-state index contributed by atoms with van der Waals surface area (Å²) in [7, 11) is 1.47. The summed E-state index contributed by atoms with van der Waals surface area (Å²) in [5.41, 5.74) is 3.62. The largest absolute Gasteiger partial charge is 0.496 e. The van der Waals surface area contributed by atoms with Crippen molar-refractivity contribution in [3.63, 3.8) is 0 Å². The molecule has 126 valence electrons. The maximum absolute atomic E-state index is 12.5. The second kappa shape index (κ2) is 7.45. The molecule has 0 bridgehead atoms. The van der Waals surface area contributed by atoms with Crippen LogP contribution in [0.2, 0.25) is 0 Å². The van der Waals surface area contributed by atoms with Crippen LogP contribution < -0.4 is 10.2 Å². The van der Waals surface area contributed by atoms with E-state index in [1.54, 1.807) is 48.8 Å². The summed E-state index contributed by atoms with van der Waals surface area (Å²) in [6, 6.07) is 10.3. The van der Waals surface area contributed by atoms with Gasteiger partial charge in [0, 0.05) is 12.4 Å². The number of carbonyl (C=O) groups is 2. The van der Waals surface area contributed by atoms with Crippen LogP contribution in [0, 0.1) is 0 Å². The molecule has 0 unspecified atom stereocenters. The Hall–Kier alpha value is -2.71. The van der Waals surface area contributed by atoms with Crippen molar-refractivity contribution in [3.8, 4) is 5.75 Å². The molecular formula is C17H13N3O3S2. The number of hydrogen-bond acceptors (Lipinski definition) is 6. The molecule has 1 fully saturated rings. The van der Waals surface area contributed by atoms with Gasteiger partial charge >= 0.3 is 0 Å². The van der Waals surface area contributed by atoms with Crippen LogP contribution in [-0.2, 0) is 4.79 Å². The Balaban J connectivity index is 1.79. The molecule has 1 aliphatic heterocycles. The molecule has 1 saturated heterocycles. The minimum absolute atomic E-state index is 0.253. The van der Waals surface area contributed by atoms with Gasteiger partial charge in [-0.2, -0.15) is 5.01 Å². The van der Waals surface area contributed by atoms with E-state index in [0.29, 0.717) is 16.2 Å². The van der Waals surface area contributed by atoms with Crippen molar-refractivity contribution in [3.05, 3.63) is 64.8 Å². The van der Waals surface area contributed by atoms with E-state index in [1.165, 1.54) is 7.11 Å². The van der Waals surface area contributed by atoms with Crippen molar-refractivity contribution in [1.82, 2.24) is 15.4 Å². The van der Waals surface area contributed by atoms with Gasteiger partial charge in [-0.1, -0.05) is 30.0 Å². The molecular weight excluding hydrogens is 358 g/mol. The van der Waals surface area contributed by atoms with Crippen molar-refractivity contribution >= 4 is 46.2 Å². The fraction of sp³-hybridized carbons (Fsp3) is 0.0588. The molecule has 1 aromatic carbocycles. The van der Waals surface area contributed by atoms with E-state index in [2.05, 4.69) is 10.4 Å². The van der Waals surface area contributed by atoms with Crippen LogP contribution in [0.3, 0.4) is 0 Å². The molecule has 0 aliphatic carbocycles. The Labute approximate surface area is 153 Å². The van der Waals surface area contributed by atoms with E-state index in [1.807, 2.05) is 6.07 Å². The number of carbonyl (C=O) groups excluding carboxylic acids is 2. The van der Waals surface area contributed by atoms with E-state index in [-0.39, 0.29) is 10.2 Å². The van der Waals surface area contributed by atoms with Crippen molar-refractivity contribution in [2.75, 3.05) is 7.11 Å². The Morgan fingerprint density at radius 1 is 1.32 bits per heavy atom. The molecule has 2 aromatic rings. The first-order chi connectivity index (χ1) is 12.1. The lowest BCUT2D eigenvalue weighted by Gasteiger charge is -2.16. The average Bonchev–Trinajstić information content (AvgIpc) is 2.90. The zero-order chi connectivity index (χ0) is 17.8. The summed E-state index contributed by atoms with van der Waals surface area (Å²) in [5, 5.41) is 1.07. The zero-order valence-electron chi connectivity index (χ0n) is 13.1. The maximum atomic E-state index is 12.5. The minimum atomic E-state index is -0.476. The molecule has 2 heterocycles. The Morgan fingerprint density at radius 2 is 2.12 bits per heavy atom. The first-order valence-electron chi connectivity index (χ1n) is 7.22. The van der Waals surface area contributed by atoms with Crippen molar-refractivity contribution < 1.29 is 14.3 Å². The van der Waals surface area contributed by atoms with Crippen LogP contribution in [0.15, 0.2) is 53.7 Å². The van der Waals surface area contributed by atoms with Gasteiger partial charge < -0.3 is 4.74 Å². The summed E-state index contributed by atoms with van der Waals surface area (Å²) < 4.78 is 5.42. The predicted molar refractivity (Wildman–Crippen MR) is 99.7 cm³/mol. The number of aromatic nitrogens is 1. The monoisotopic (exact) mass is 371 g/mol. The number of para-hydroxylation sites is 1. The molecule has 1 aliphatic rings. The van der Waals surface area contributed by atoms with Crippen LogP contribution in [-0.4, -0.2) is 33.2 Å². The topological polar surface area (TPSA) is 71.5 Å². The first-order valence-corrected chi connectivity index (χ1v) is 8.44. The van der Waals surface area contributed by atoms with Gasteiger partial charge in [-0.05, 0) is 42.1 Å². The van der Waals surface area contributed by atoms with E-state index in [9.17, 15) is 9.59 Å². The van der Waals surface area contributed by atoms with Crippen molar-refractivity contribution in [2.24, 2.45) is 0 Å². The molecule has 8 heteroatoms. The normalized spacial score (nSPS) is 15.6. The Bertz CT molecular complexity index is 868. The zero-order valence-corrected chi connectivity index (χ0v) is 14.8. The number of pyridine rings is 1. The quantitative estimate of drug-likeness (QED) is 0.658. The molecule has 3 rings (SSSR count). The summed E-state index contributed by atoms with van der Waals surface area (Å²) in [6.07, 6.45) is 4.97. The number of benzene rings is 1. The second-order valence-corrected chi connectivity index (χ2v) is 6.62. The van der Waals surface area contributed by atoms with Gasteiger partial charge in [-0.3, -0.25) is 20.0 Å². The van der Waals surface area contributed by atoms with Gasteiger partial charge in [-0.15, -0.1) is 0 Å². The van der Waals surface area contributed by atoms with Gasteiger partial charge in [-0.25, -0.2) is 0 Å². The number of nitrogens with zero attached hydrogens (tertiary/aromatic N) is 2. The van der Waals surface area contributed by atoms with E-state index < -0.39 is 5.91 Å².